The Labute approximate surface area is 158 Å². The zero-order chi connectivity index (χ0) is 18.6. The largest absolute Gasteiger partial charge is 0.438 e. The maximum Gasteiger partial charge on any atom is 0.221 e. The first-order chi connectivity index (χ1) is 13.2. The van der Waals surface area contributed by atoms with Crippen LogP contribution in [0.2, 0.25) is 0 Å². The van der Waals surface area contributed by atoms with Gasteiger partial charge in [-0.1, -0.05) is 36.4 Å². The lowest BCUT2D eigenvalue weighted by molar-refractivity contribution is -0.118. The standard InChI is InChI=1S/C22H24N2O3/c1-15(25)23-12-11-18-8-7-17-9-10-19-22(21(17)18)27-20(24-19)14-26-13-16-5-3-2-4-6-16/h2-6,9-10,18H,7-8,11-14H2,1H3,(H,23,25). The van der Waals surface area contributed by atoms with E-state index in [1.165, 1.54) is 11.1 Å². The molecule has 0 bridgehead atoms. The Balaban J connectivity index is 1.47. The second-order valence-electron chi connectivity index (χ2n) is 7.08. The van der Waals surface area contributed by atoms with E-state index < -0.39 is 0 Å². The average Bonchev–Trinajstić information content (AvgIpc) is 3.26. The van der Waals surface area contributed by atoms with Gasteiger partial charge in [0.1, 0.15) is 12.1 Å². The Morgan fingerprint density at radius 1 is 1.22 bits per heavy atom. The summed E-state index contributed by atoms with van der Waals surface area (Å²) in [6, 6.07) is 14.3. The number of aryl methyl sites for hydroxylation is 1. The minimum Gasteiger partial charge on any atom is -0.438 e. The lowest BCUT2D eigenvalue weighted by atomic mass is 9.97. The van der Waals surface area contributed by atoms with Crippen molar-refractivity contribution >= 4 is 17.0 Å². The first-order valence-electron chi connectivity index (χ1n) is 9.48. The Morgan fingerprint density at radius 3 is 2.89 bits per heavy atom. The van der Waals surface area contributed by atoms with E-state index in [1.54, 1.807) is 6.92 Å². The summed E-state index contributed by atoms with van der Waals surface area (Å²) in [6.45, 7) is 3.14. The third kappa shape index (κ3) is 4.03. The van der Waals surface area contributed by atoms with Crippen LogP contribution >= 0.6 is 0 Å². The summed E-state index contributed by atoms with van der Waals surface area (Å²) in [6.07, 6.45) is 3.07. The molecular weight excluding hydrogens is 340 g/mol. The summed E-state index contributed by atoms with van der Waals surface area (Å²) < 4.78 is 11.9. The molecule has 0 radical (unpaired) electrons. The number of aromatic nitrogens is 1. The van der Waals surface area contributed by atoms with Gasteiger partial charge in [0.05, 0.1) is 6.61 Å². The van der Waals surface area contributed by atoms with Crippen LogP contribution in [0.4, 0.5) is 0 Å². The topological polar surface area (TPSA) is 64.4 Å². The molecule has 1 aliphatic carbocycles. The summed E-state index contributed by atoms with van der Waals surface area (Å²) in [7, 11) is 0. The van der Waals surface area contributed by atoms with Gasteiger partial charge in [0, 0.05) is 19.0 Å². The molecule has 1 N–H and O–H groups in total. The van der Waals surface area contributed by atoms with E-state index in [9.17, 15) is 4.79 Å². The van der Waals surface area contributed by atoms with Crippen molar-refractivity contribution in [2.45, 2.75) is 45.3 Å². The van der Waals surface area contributed by atoms with Crippen molar-refractivity contribution in [3.8, 4) is 0 Å². The van der Waals surface area contributed by atoms with E-state index in [0.29, 0.717) is 31.6 Å². The average molecular weight is 364 g/mol. The van der Waals surface area contributed by atoms with Crippen molar-refractivity contribution in [2.75, 3.05) is 6.54 Å². The van der Waals surface area contributed by atoms with Gasteiger partial charge in [-0.05, 0) is 42.4 Å². The molecule has 0 saturated heterocycles. The van der Waals surface area contributed by atoms with E-state index >= 15 is 0 Å². The number of carbonyl (C=O) groups excluding carboxylic acids is 1. The molecule has 5 nitrogen and oxygen atoms in total. The SMILES string of the molecule is CC(=O)NCCC1CCc2ccc3nc(COCc4ccccc4)oc3c21. The van der Waals surface area contributed by atoms with Crippen LogP contribution in [0.25, 0.3) is 11.1 Å². The van der Waals surface area contributed by atoms with Gasteiger partial charge >= 0.3 is 0 Å². The molecule has 27 heavy (non-hydrogen) atoms. The minimum absolute atomic E-state index is 0.0175. The van der Waals surface area contributed by atoms with Crippen LogP contribution in [0.15, 0.2) is 46.9 Å². The molecule has 1 unspecified atom stereocenters. The predicted molar refractivity (Wildman–Crippen MR) is 103 cm³/mol. The summed E-state index contributed by atoms with van der Waals surface area (Å²) in [5, 5.41) is 2.89. The molecule has 1 heterocycles. The summed E-state index contributed by atoms with van der Waals surface area (Å²) in [5.41, 5.74) is 5.50. The normalized spacial score (nSPS) is 15.8. The van der Waals surface area contributed by atoms with E-state index in [1.807, 2.05) is 36.4 Å². The van der Waals surface area contributed by atoms with Crippen LogP contribution in [0.1, 0.15) is 48.3 Å². The number of hydrogen-bond donors (Lipinski definition) is 1. The predicted octanol–water partition coefficient (Wildman–Crippen LogP) is 4.10. The number of oxazole rings is 1. The highest BCUT2D eigenvalue weighted by molar-refractivity contribution is 5.79. The molecule has 3 aromatic rings. The van der Waals surface area contributed by atoms with Crippen molar-refractivity contribution < 1.29 is 13.9 Å². The van der Waals surface area contributed by atoms with Crippen molar-refractivity contribution in [3.63, 3.8) is 0 Å². The van der Waals surface area contributed by atoms with Gasteiger partial charge in [-0.3, -0.25) is 4.79 Å². The number of rotatable bonds is 7. The van der Waals surface area contributed by atoms with Crippen LogP contribution in [0.3, 0.4) is 0 Å². The van der Waals surface area contributed by atoms with Gasteiger partial charge in [-0.2, -0.15) is 0 Å². The number of hydrogen-bond acceptors (Lipinski definition) is 4. The Kier molecular flexibility index (Phi) is 5.21. The van der Waals surface area contributed by atoms with Crippen molar-refractivity contribution in [2.24, 2.45) is 0 Å². The van der Waals surface area contributed by atoms with Crippen LogP contribution in [-0.2, 0) is 29.2 Å². The fourth-order valence-electron chi connectivity index (χ4n) is 3.84. The van der Waals surface area contributed by atoms with E-state index in [2.05, 4.69) is 16.4 Å². The van der Waals surface area contributed by atoms with Crippen LogP contribution in [0, 0.1) is 0 Å². The van der Waals surface area contributed by atoms with Gasteiger partial charge in [-0.15, -0.1) is 0 Å². The molecule has 4 rings (SSSR count). The fraction of sp³-hybridized carbons (Fsp3) is 0.364. The van der Waals surface area contributed by atoms with Gasteiger partial charge in [0.2, 0.25) is 11.8 Å². The lowest BCUT2D eigenvalue weighted by Gasteiger charge is -2.11. The molecule has 1 aromatic heterocycles. The first-order valence-corrected chi connectivity index (χ1v) is 9.48. The Bertz CT molecular complexity index is 933. The number of benzene rings is 2. The Hall–Kier alpha value is -2.66. The smallest absolute Gasteiger partial charge is 0.221 e. The molecule has 0 aliphatic heterocycles. The zero-order valence-corrected chi connectivity index (χ0v) is 15.5. The second-order valence-corrected chi connectivity index (χ2v) is 7.08. The highest BCUT2D eigenvalue weighted by Gasteiger charge is 2.27. The number of ether oxygens (including phenoxy) is 1. The highest BCUT2D eigenvalue weighted by Crippen LogP contribution is 2.40. The van der Waals surface area contributed by atoms with Crippen LogP contribution < -0.4 is 5.32 Å². The van der Waals surface area contributed by atoms with Gasteiger partial charge in [0.15, 0.2) is 5.58 Å². The third-order valence-corrected chi connectivity index (χ3v) is 5.10. The summed E-state index contributed by atoms with van der Waals surface area (Å²) in [4.78, 5) is 15.7. The van der Waals surface area contributed by atoms with Crippen LogP contribution in [0.5, 0.6) is 0 Å². The van der Waals surface area contributed by atoms with Crippen molar-refractivity contribution in [1.29, 1.82) is 0 Å². The van der Waals surface area contributed by atoms with Crippen molar-refractivity contribution in [3.05, 3.63) is 65.0 Å². The van der Waals surface area contributed by atoms with Gasteiger partial charge in [0.25, 0.3) is 0 Å². The lowest BCUT2D eigenvalue weighted by Crippen LogP contribution is -2.22. The third-order valence-electron chi connectivity index (χ3n) is 5.10. The fourth-order valence-corrected chi connectivity index (χ4v) is 3.84. The number of fused-ring (bicyclic) bond motifs is 3. The molecule has 140 valence electrons. The molecule has 1 aliphatic rings. The maximum atomic E-state index is 11.1. The molecule has 2 aromatic carbocycles. The van der Waals surface area contributed by atoms with Crippen molar-refractivity contribution in [1.82, 2.24) is 10.3 Å². The van der Waals surface area contributed by atoms with Gasteiger partial charge in [-0.25, -0.2) is 4.98 Å². The zero-order valence-electron chi connectivity index (χ0n) is 15.5. The van der Waals surface area contributed by atoms with E-state index in [0.717, 1.165) is 35.9 Å². The quantitative estimate of drug-likeness (QED) is 0.685. The number of carbonyl (C=O) groups is 1. The molecular formula is C22H24N2O3. The molecule has 5 heteroatoms. The minimum atomic E-state index is 0.0175. The maximum absolute atomic E-state index is 11.1. The van der Waals surface area contributed by atoms with Gasteiger partial charge < -0.3 is 14.5 Å². The monoisotopic (exact) mass is 364 g/mol. The van der Waals surface area contributed by atoms with E-state index in [4.69, 9.17) is 9.15 Å². The Morgan fingerprint density at radius 2 is 2.07 bits per heavy atom. The molecule has 0 saturated carbocycles. The molecule has 0 fully saturated rings. The molecule has 0 spiro atoms. The summed E-state index contributed by atoms with van der Waals surface area (Å²) in [5.74, 6) is 1.03. The highest BCUT2D eigenvalue weighted by atomic mass is 16.5. The number of amides is 1. The number of nitrogens with zero attached hydrogens (tertiary/aromatic N) is 1. The molecule has 1 amide bonds. The molecule has 1 atom stereocenters. The summed E-state index contributed by atoms with van der Waals surface area (Å²) >= 11 is 0. The first kappa shape index (κ1) is 17.7. The number of nitrogens with one attached hydrogen (secondary N) is 1. The van der Waals surface area contributed by atoms with Crippen LogP contribution in [-0.4, -0.2) is 17.4 Å². The second kappa shape index (κ2) is 7.92. The van der Waals surface area contributed by atoms with E-state index in [-0.39, 0.29) is 5.91 Å².